The standard InChI is InChI=1S/C23H26N6/c1-2-4-19(5-3-1)17-28-13-7-23(8-14-28)9-15-29(18-23)22-26-10-6-20(27-22)21-16-24-11-12-25-21/h1-6,10-12,16H,7-9,13-15,17-18H2. The van der Waals surface area contributed by atoms with Crippen LogP contribution in [0.2, 0.25) is 0 Å². The van der Waals surface area contributed by atoms with Crippen LogP contribution in [0.1, 0.15) is 24.8 Å². The average molecular weight is 387 g/mol. The van der Waals surface area contributed by atoms with Gasteiger partial charge in [-0.3, -0.25) is 14.9 Å². The molecule has 0 amide bonds. The van der Waals surface area contributed by atoms with Crippen LogP contribution in [0.5, 0.6) is 0 Å². The van der Waals surface area contributed by atoms with Gasteiger partial charge in [0.25, 0.3) is 0 Å². The Kier molecular flexibility index (Phi) is 4.94. The van der Waals surface area contributed by atoms with E-state index in [1.165, 1.54) is 37.9 Å². The predicted octanol–water partition coefficient (Wildman–Crippen LogP) is 3.43. The van der Waals surface area contributed by atoms with Crippen LogP contribution in [-0.2, 0) is 6.54 Å². The van der Waals surface area contributed by atoms with E-state index in [0.29, 0.717) is 5.41 Å². The fraction of sp³-hybridized carbons (Fsp3) is 0.391. The van der Waals surface area contributed by atoms with E-state index in [9.17, 15) is 0 Å². The number of benzene rings is 1. The molecule has 2 aliphatic rings. The molecule has 3 aromatic rings. The maximum absolute atomic E-state index is 4.78. The van der Waals surface area contributed by atoms with Crippen LogP contribution in [0.25, 0.3) is 11.4 Å². The van der Waals surface area contributed by atoms with Gasteiger partial charge in [0.05, 0.1) is 11.9 Å². The van der Waals surface area contributed by atoms with E-state index in [-0.39, 0.29) is 0 Å². The summed E-state index contributed by atoms with van der Waals surface area (Å²) < 4.78 is 0. The zero-order valence-corrected chi connectivity index (χ0v) is 16.6. The molecule has 2 fully saturated rings. The normalized spacial score (nSPS) is 19.0. The van der Waals surface area contributed by atoms with E-state index in [0.717, 1.165) is 37.0 Å². The molecule has 0 bridgehead atoms. The molecular formula is C23H26N6. The summed E-state index contributed by atoms with van der Waals surface area (Å²) in [4.78, 5) is 22.8. The average Bonchev–Trinajstić information content (AvgIpc) is 3.21. The minimum atomic E-state index is 0.402. The van der Waals surface area contributed by atoms with Crippen LogP contribution in [0, 0.1) is 5.41 Å². The molecule has 6 nitrogen and oxygen atoms in total. The van der Waals surface area contributed by atoms with Crippen LogP contribution in [-0.4, -0.2) is 51.0 Å². The Morgan fingerprint density at radius 1 is 0.828 bits per heavy atom. The van der Waals surface area contributed by atoms with Gasteiger partial charge in [-0.15, -0.1) is 0 Å². The maximum atomic E-state index is 4.78. The van der Waals surface area contributed by atoms with Gasteiger partial charge in [0.1, 0.15) is 5.69 Å². The van der Waals surface area contributed by atoms with E-state index >= 15 is 0 Å². The summed E-state index contributed by atoms with van der Waals surface area (Å²) in [6.07, 6.45) is 10.7. The first kappa shape index (κ1) is 18.2. The van der Waals surface area contributed by atoms with Crippen molar-refractivity contribution >= 4 is 5.95 Å². The lowest BCUT2D eigenvalue weighted by Crippen LogP contribution is -2.41. The summed E-state index contributed by atoms with van der Waals surface area (Å²) in [6, 6.07) is 12.7. The first-order valence-electron chi connectivity index (χ1n) is 10.4. The second-order valence-electron chi connectivity index (χ2n) is 8.27. The molecule has 0 atom stereocenters. The lowest BCUT2D eigenvalue weighted by Gasteiger charge is -2.39. The van der Waals surface area contributed by atoms with Crippen molar-refractivity contribution in [2.75, 3.05) is 31.1 Å². The molecule has 148 valence electrons. The molecule has 4 heterocycles. The van der Waals surface area contributed by atoms with Crippen molar-refractivity contribution in [3.05, 3.63) is 66.7 Å². The van der Waals surface area contributed by atoms with Crippen LogP contribution in [0.4, 0.5) is 5.95 Å². The highest BCUT2D eigenvalue weighted by Gasteiger charge is 2.41. The largest absolute Gasteiger partial charge is 0.340 e. The van der Waals surface area contributed by atoms with Gasteiger partial charge >= 0.3 is 0 Å². The highest BCUT2D eigenvalue weighted by Crippen LogP contribution is 2.41. The molecule has 0 aliphatic carbocycles. The van der Waals surface area contributed by atoms with Gasteiger partial charge in [-0.05, 0) is 49.4 Å². The number of hydrogen-bond donors (Lipinski definition) is 0. The van der Waals surface area contributed by atoms with Crippen molar-refractivity contribution in [2.24, 2.45) is 5.41 Å². The van der Waals surface area contributed by atoms with Crippen molar-refractivity contribution in [1.29, 1.82) is 0 Å². The van der Waals surface area contributed by atoms with Gasteiger partial charge in [0.2, 0.25) is 5.95 Å². The summed E-state index contributed by atoms with van der Waals surface area (Å²) in [5.74, 6) is 0.816. The Hall–Kier alpha value is -2.86. The monoisotopic (exact) mass is 386 g/mol. The van der Waals surface area contributed by atoms with Gasteiger partial charge < -0.3 is 4.90 Å². The summed E-state index contributed by atoms with van der Waals surface area (Å²) in [6.45, 7) is 5.48. The van der Waals surface area contributed by atoms with E-state index < -0.39 is 0 Å². The number of nitrogens with zero attached hydrogens (tertiary/aromatic N) is 6. The van der Waals surface area contributed by atoms with Gasteiger partial charge in [-0.2, -0.15) is 0 Å². The molecule has 2 saturated heterocycles. The summed E-state index contributed by atoms with van der Waals surface area (Å²) >= 11 is 0. The minimum Gasteiger partial charge on any atom is -0.340 e. The number of rotatable bonds is 4. The Bertz CT molecular complexity index is 938. The van der Waals surface area contributed by atoms with Crippen molar-refractivity contribution in [2.45, 2.75) is 25.8 Å². The number of aromatic nitrogens is 4. The molecule has 5 rings (SSSR count). The third-order valence-electron chi connectivity index (χ3n) is 6.36. The van der Waals surface area contributed by atoms with Crippen LogP contribution in [0.15, 0.2) is 61.2 Å². The smallest absolute Gasteiger partial charge is 0.225 e. The number of hydrogen-bond acceptors (Lipinski definition) is 6. The molecule has 1 aromatic carbocycles. The van der Waals surface area contributed by atoms with E-state index in [4.69, 9.17) is 4.98 Å². The Balaban J connectivity index is 1.23. The van der Waals surface area contributed by atoms with Crippen molar-refractivity contribution in [3.8, 4) is 11.4 Å². The Morgan fingerprint density at radius 3 is 2.45 bits per heavy atom. The molecule has 2 aromatic heterocycles. The molecule has 29 heavy (non-hydrogen) atoms. The molecule has 0 N–H and O–H groups in total. The van der Waals surface area contributed by atoms with Gasteiger partial charge in [0.15, 0.2) is 0 Å². The third kappa shape index (κ3) is 3.98. The molecule has 1 spiro atoms. The van der Waals surface area contributed by atoms with Crippen molar-refractivity contribution in [1.82, 2.24) is 24.8 Å². The zero-order valence-electron chi connectivity index (χ0n) is 16.6. The summed E-state index contributed by atoms with van der Waals surface area (Å²) in [5.41, 5.74) is 3.44. The number of likely N-dealkylation sites (tertiary alicyclic amines) is 1. The van der Waals surface area contributed by atoms with Crippen LogP contribution < -0.4 is 4.90 Å². The quantitative estimate of drug-likeness (QED) is 0.685. The summed E-state index contributed by atoms with van der Waals surface area (Å²) in [7, 11) is 0. The van der Waals surface area contributed by atoms with E-state index in [2.05, 4.69) is 55.1 Å². The predicted molar refractivity (Wildman–Crippen MR) is 113 cm³/mol. The van der Waals surface area contributed by atoms with Crippen LogP contribution in [0.3, 0.4) is 0 Å². The van der Waals surface area contributed by atoms with Crippen molar-refractivity contribution < 1.29 is 0 Å². The van der Waals surface area contributed by atoms with E-state index in [1.807, 2.05) is 12.3 Å². The van der Waals surface area contributed by atoms with Crippen molar-refractivity contribution in [3.63, 3.8) is 0 Å². The zero-order chi connectivity index (χ0) is 19.5. The second-order valence-corrected chi connectivity index (χ2v) is 8.27. The lowest BCUT2D eigenvalue weighted by molar-refractivity contribution is 0.115. The Morgan fingerprint density at radius 2 is 1.66 bits per heavy atom. The van der Waals surface area contributed by atoms with Crippen LogP contribution >= 0.6 is 0 Å². The lowest BCUT2D eigenvalue weighted by atomic mass is 9.77. The molecule has 6 heteroatoms. The minimum absolute atomic E-state index is 0.402. The van der Waals surface area contributed by atoms with E-state index in [1.54, 1.807) is 18.6 Å². The second kappa shape index (κ2) is 7.87. The van der Waals surface area contributed by atoms with Gasteiger partial charge in [-0.1, -0.05) is 30.3 Å². The highest BCUT2D eigenvalue weighted by molar-refractivity contribution is 5.54. The maximum Gasteiger partial charge on any atom is 0.225 e. The fourth-order valence-electron chi connectivity index (χ4n) is 4.62. The number of piperidine rings is 1. The molecule has 0 saturated carbocycles. The number of anilines is 1. The van der Waals surface area contributed by atoms with Gasteiger partial charge in [-0.25, -0.2) is 9.97 Å². The topological polar surface area (TPSA) is 58.0 Å². The third-order valence-corrected chi connectivity index (χ3v) is 6.36. The fourth-order valence-corrected chi connectivity index (χ4v) is 4.62. The highest BCUT2D eigenvalue weighted by atomic mass is 15.3. The summed E-state index contributed by atoms with van der Waals surface area (Å²) in [5, 5.41) is 0. The molecule has 0 unspecified atom stereocenters. The molecular weight excluding hydrogens is 360 g/mol. The SMILES string of the molecule is c1ccc(CN2CCC3(CC2)CCN(c2nccc(-c4cnccn4)n2)C3)cc1. The first-order valence-corrected chi connectivity index (χ1v) is 10.4. The van der Waals surface area contributed by atoms with Gasteiger partial charge in [0, 0.05) is 38.2 Å². The molecule has 0 radical (unpaired) electrons. The first-order chi connectivity index (χ1) is 14.3. The molecule has 2 aliphatic heterocycles. The Labute approximate surface area is 171 Å².